The molecule has 0 aliphatic carbocycles. The fourth-order valence-corrected chi connectivity index (χ4v) is 2.25. The summed E-state index contributed by atoms with van der Waals surface area (Å²) in [6.45, 7) is 4.40. The summed E-state index contributed by atoms with van der Waals surface area (Å²) in [6.07, 6.45) is 1.69. The molecule has 0 atom stereocenters. The fourth-order valence-electron chi connectivity index (χ4n) is 1.49. The minimum Gasteiger partial charge on any atom is -0.397 e. The number of nitrogens with zero attached hydrogens (tertiary/aromatic N) is 1. The molecule has 0 saturated carbocycles. The quantitative estimate of drug-likeness (QED) is 0.888. The van der Waals surface area contributed by atoms with Gasteiger partial charge in [-0.05, 0) is 35.7 Å². The van der Waals surface area contributed by atoms with Gasteiger partial charge in [0.15, 0.2) is 0 Å². The van der Waals surface area contributed by atoms with E-state index in [-0.39, 0.29) is 0 Å². The van der Waals surface area contributed by atoms with Gasteiger partial charge in [0.2, 0.25) is 0 Å². The molecule has 1 heterocycles. The monoisotopic (exact) mass is 244 g/mol. The molecule has 0 aliphatic heterocycles. The van der Waals surface area contributed by atoms with Crippen LogP contribution in [-0.2, 0) is 0 Å². The number of hydrogen-bond acceptors (Lipinski definition) is 3. The Morgan fingerprint density at radius 1 is 1.06 bits per heavy atom. The normalized spacial score (nSPS) is 10.8. The van der Waals surface area contributed by atoms with Gasteiger partial charge in [-0.25, -0.2) is 4.98 Å². The van der Waals surface area contributed by atoms with E-state index < -0.39 is 0 Å². The maximum atomic E-state index is 5.60. The van der Waals surface area contributed by atoms with Gasteiger partial charge in [0.05, 0.1) is 11.9 Å². The Hall–Kier alpha value is -1.48. The number of rotatable bonds is 3. The van der Waals surface area contributed by atoms with Gasteiger partial charge in [-0.3, -0.25) is 0 Å². The van der Waals surface area contributed by atoms with E-state index in [0.717, 1.165) is 5.03 Å². The highest BCUT2D eigenvalue weighted by molar-refractivity contribution is 7.99. The van der Waals surface area contributed by atoms with E-state index in [2.05, 4.69) is 43.1 Å². The van der Waals surface area contributed by atoms with E-state index >= 15 is 0 Å². The fraction of sp³-hybridized carbons (Fsp3) is 0.214. The molecule has 1 aromatic carbocycles. The Kier molecular flexibility index (Phi) is 3.69. The molecule has 88 valence electrons. The van der Waals surface area contributed by atoms with Crippen LogP contribution in [0.25, 0.3) is 0 Å². The number of hydrogen-bond donors (Lipinski definition) is 1. The van der Waals surface area contributed by atoms with Crippen molar-refractivity contribution in [3.8, 4) is 0 Å². The first-order chi connectivity index (χ1) is 8.15. The molecule has 2 N–H and O–H groups in total. The summed E-state index contributed by atoms with van der Waals surface area (Å²) in [4.78, 5) is 5.47. The van der Waals surface area contributed by atoms with Crippen molar-refractivity contribution in [2.24, 2.45) is 0 Å². The molecule has 0 radical (unpaired) electrons. The van der Waals surface area contributed by atoms with E-state index in [1.807, 2.05) is 12.1 Å². The van der Waals surface area contributed by atoms with Crippen molar-refractivity contribution < 1.29 is 0 Å². The zero-order valence-electron chi connectivity index (χ0n) is 10.1. The van der Waals surface area contributed by atoms with Gasteiger partial charge in [0, 0.05) is 4.90 Å². The standard InChI is InChI=1S/C14H16N2S/c1-10(2)11-3-6-13(7-4-11)17-14-8-5-12(15)9-16-14/h3-10H,15H2,1-2H3. The highest BCUT2D eigenvalue weighted by Crippen LogP contribution is 2.27. The van der Waals surface area contributed by atoms with Gasteiger partial charge < -0.3 is 5.73 Å². The van der Waals surface area contributed by atoms with Gasteiger partial charge >= 0.3 is 0 Å². The highest BCUT2D eigenvalue weighted by Gasteiger charge is 2.01. The zero-order valence-corrected chi connectivity index (χ0v) is 10.9. The molecule has 0 unspecified atom stereocenters. The first-order valence-corrected chi connectivity index (χ1v) is 6.46. The van der Waals surface area contributed by atoms with Crippen molar-refractivity contribution in [3.63, 3.8) is 0 Å². The smallest absolute Gasteiger partial charge is 0.101 e. The summed E-state index contributed by atoms with van der Waals surface area (Å²) in [6, 6.07) is 12.4. The average Bonchev–Trinajstić information content (AvgIpc) is 2.33. The first kappa shape index (κ1) is 12.0. The topological polar surface area (TPSA) is 38.9 Å². The Labute approximate surface area is 106 Å². The lowest BCUT2D eigenvalue weighted by Crippen LogP contribution is -1.87. The van der Waals surface area contributed by atoms with E-state index in [9.17, 15) is 0 Å². The maximum absolute atomic E-state index is 5.60. The van der Waals surface area contributed by atoms with Gasteiger partial charge in [0.1, 0.15) is 5.03 Å². The molecular formula is C14H16N2S. The molecular weight excluding hydrogens is 228 g/mol. The molecule has 0 bridgehead atoms. The molecule has 2 nitrogen and oxygen atoms in total. The number of aromatic nitrogens is 1. The van der Waals surface area contributed by atoms with Gasteiger partial charge in [-0.15, -0.1) is 0 Å². The van der Waals surface area contributed by atoms with Crippen LogP contribution >= 0.6 is 11.8 Å². The lowest BCUT2D eigenvalue weighted by Gasteiger charge is -2.06. The Morgan fingerprint density at radius 3 is 2.29 bits per heavy atom. The molecule has 3 heteroatoms. The van der Waals surface area contributed by atoms with E-state index in [1.165, 1.54) is 10.5 Å². The van der Waals surface area contributed by atoms with Crippen molar-refractivity contribution >= 4 is 17.4 Å². The number of nitrogens with two attached hydrogens (primary N) is 1. The van der Waals surface area contributed by atoms with Crippen LogP contribution in [0, 0.1) is 0 Å². The number of benzene rings is 1. The third-order valence-corrected chi connectivity index (χ3v) is 3.49. The molecule has 0 amide bonds. The van der Waals surface area contributed by atoms with Crippen LogP contribution in [0.4, 0.5) is 5.69 Å². The lowest BCUT2D eigenvalue weighted by atomic mass is 10.0. The average molecular weight is 244 g/mol. The van der Waals surface area contributed by atoms with Crippen LogP contribution in [0.15, 0.2) is 52.5 Å². The third-order valence-electron chi connectivity index (χ3n) is 2.53. The summed E-state index contributed by atoms with van der Waals surface area (Å²) < 4.78 is 0. The SMILES string of the molecule is CC(C)c1ccc(Sc2ccc(N)cn2)cc1. The Bertz CT molecular complexity index is 475. The van der Waals surface area contributed by atoms with E-state index in [0.29, 0.717) is 11.6 Å². The molecule has 2 aromatic rings. The van der Waals surface area contributed by atoms with Crippen molar-refractivity contribution in [2.75, 3.05) is 5.73 Å². The minimum absolute atomic E-state index is 0.573. The second kappa shape index (κ2) is 5.23. The summed E-state index contributed by atoms with van der Waals surface area (Å²) in [5, 5.41) is 0.969. The second-order valence-corrected chi connectivity index (χ2v) is 5.35. The predicted molar refractivity (Wildman–Crippen MR) is 73.3 cm³/mol. The molecule has 0 spiro atoms. The minimum atomic E-state index is 0.573. The van der Waals surface area contributed by atoms with Gasteiger partial charge in [-0.2, -0.15) is 0 Å². The van der Waals surface area contributed by atoms with Crippen molar-refractivity contribution in [1.82, 2.24) is 4.98 Å². The molecule has 0 fully saturated rings. The molecule has 17 heavy (non-hydrogen) atoms. The van der Waals surface area contributed by atoms with Crippen LogP contribution in [0.1, 0.15) is 25.3 Å². The van der Waals surface area contributed by atoms with Crippen LogP contribution < -0.4 is 5.73 Å². The van der Waals surface area contributed by atoms with Crippen LogP contribution in [0.2, 0.25) is 0 Å². The van der Waals surface area contributed by atoms with Crippen LogP contribution in [0.3, 0.4) is 0 Å². The zero-order chi connectivity index (χ0) is 12.3. The molecule has 2 rings (SSSR count). The van der Waals surface area contributed by atoms with Crippen molar-refractivity contribution in [2.45, 2.75) is 29.7 Å². The van der Waals surface area contributed by atoms with Crippen LogP contribution in [0.5, 0.6) is 0 Å². The maximum Gasteiger partial charge on any atom is 0.101 e. The Balaban J connectivity index is 2.11. The van der Waals surface area contributed by atoms with Crippen molar-refractivity contribution in [3.05, 3.63) is 48.2 Å². The molecule has 1 aromatic heterocycles. The second-order valence-electron chi connectivity index (χ2n) is 4.26. The predicted octanol–water partition coefficient (Wildman–Crippen LogP) is 3.94. The number of pyridine rings is 1. The van der Waals surface area contributed by atoms with Crippen LogP contribution in [-0.4, -0.2) is 4.98 Å². The lowest BCUT2D eigenvalue weighted by molar-refractivity contribution is 0.865. The van der Waals surface area contributed by atoms with E-state index in [1.54, 1.807) is 18.0 Å². The van der Waals surface area contributed by atoms with Crippen molar-refractivity contribution in [1.29, 1.82) is 0 Å². The number of nitrogen functional groups attached to an aromatic ring is 1. The summed E-state index contributed by atoms with van der Waals surface area (Å²) in [5.74, 6) is 0.573. The summed E-state index contributed by atoms with van der Waals surface area (Å²) >= 11 is 1.65. The highest BCUT2D eigenvalue weighted by atomic mass is 32.2. The largest absolute Gasteiger partial charge is 0.397 e. The van der Waals surface area contributed by atoms with E-state index in [4.69, 9.17) is 5.73 Å². The Morgan fingerprint density at radius 2 is 1.76 bits per heavy atom. The molecule has 0 aliphatic rings. The summed E-state index contributed by atoms with van der Waals surface area (Å²) in [7, 11) is 0. The van der Waals surface area contributed by atoms with Gasteiger partial charge in [0.25, 0.3) is 0 Å². The first-order valence-electron chi connectivity index (χ1n) is 5.64. The van der Waals surface area contributed by atoms with Gasteiger partial charge in [-0.1, -0.05) is 37.7 Å². The number of anilines is 1. The summed E-state index contributed by atoms with van der Waals surface area (Å²) in [5.41, 5.74) is 7.66. The third kappa shape index (κ3) is 3.24. The molecule has 0 saturated heterocycles.